The zero-order chi connectivity index (χ0) is 8.10. The maximum absolute atomic E-state index is 5.62. The van der Waals surface area contributed by atoms with Crippen molar-refractivity contribution in [2.24, 2.45) is 0 Å². The lowest BCUT2D eigenvalue weighted by Crippen LogP contribution is -1.98. The van der Waals surface area contributed by atoms with Gasteiger partial charge in [0.25, 0.3) is 0 Å². The Balaban J connectivity index is 2.62. The Morgan fingerprint density at radius 1 is 1.36 bits per heavy atom. The summed E-state index contributed by atoms with van der Waals surface area (Å²) < 4.78 is 5.30. The number of benzene rings is 1. The monoisotopic (exact) mass is 150 g/mol. The topological polar surface area (TPSA) is 35.2 Å². The van der Waals surface area contributed by atoms with E-state index in [0.29, 0.717) is 12.3 Å². The quantitative estimate of drug-likeness (QED) is 0.667. The van der Waals surface area contributed by atoms with Crippen molar-refractivity contribution in [1.82, 2.24) is 0 Å². The number of ether oxygens (including phenoxy) is 1. The van der Waals surface area contributed by atoms with Crippen molar-refractivity contribution in [2.75, 3.05) is 12.3 Å². The first-order chi connectivity index (χ1) is 5.34. The van der Waals surface area contributed by atoms with Crippen molar-refractivity contribution in [1.29, 1.82) is 0 Å². The number of nitrogen functional groups attached to an aromatic ring is 1. The van der Waals surface area contributed by atoms with E-state index in [4.69, 9.17) is 10.5 Å². The summed E-state index contributed by atoms with van der Waals surface area (Å²) in [6, 6.07) is 7.45. The fourth-order valence-corrected chi connectivity index (χ4v) is 0.794. The molecule has 0 aliphatic carbocycles. The van der Waals surface area contributed by atoms with Crippen LogP contribution in [0, 0.1) is 6.92 Å². The highest BCUT2D eigenvalue weighted by Gasteiger charge is 1.95. The molecule has 0 aliphatic rings. The lowest BCUT2D eigenvalue weighted by molar-refractivity contribution is 0.326. The molecule has 0 heterocycles. The molecule has 0 atom stereocenters. The van der Waals surface area contributed by atoms with Crippen molar-refractivity contribution >= 4 is 5.69 Å². The molecule has 59 valence electrons. The van der Waals surface area contributed by atoms with E-state index in [-0.39, 0.29) is 0 Å². The number of para-hydroxylation sites is 2. The third-order valence-electron chi connectivity index (χ3n) is 1.32. The Kier molecular flexibility index (Phi) is 2.78. The van der Waals surface area contributed by atoms with Crippen LogP contribution in [0.4, 0.5) is 5.69 Å². The van der Waals surface area contributed by atoms with Gasteiger partial charge in [-0.1, -0.05) is 12.1 Å². The number of anilines is 1. The molecule has 0 fully saturated rings. The molecule has 0 spiro atoms. The minimum atomic E-state index is 0.619. The van der Waals surface area contributed by atoms with E-state index in [2.05, 4.69) is 6.92 Å². The first-order valence-corrected chi connectivity index (χ1v) is 3.61. The van der Waals surface area contributed by atoms with Crippen LogP contribution in [-0.4, -0.2) is 6.61 Å². The zero-order valence-corrected chi connectivity index (χ0v) is 6.42. The van der Waals surface area contributed by atoms with Gasteiger partial charge in [0.05, 0.1) is 12.3 Å². The van der Waals surface area contributed by atoms with E-state index in [1.165, 1.54) is 0 Å². The lowest BCUT2D eigenvalue weighted by atomic mass is 10.3. The summed E-state index contributed by atoms with van der Waals surface area (Å²) in [5.74, 6) is 0.746. The van der Waals surface area contributed by atoms with Crippen LogP contribution < -0.4 is 10.5 Å². The number of nitrogens with two attached hydrogens (primary N) is 1. The second-order valence-corrected chi connectivity index (χ2v) is 2.24. The minimum Gasteiger partial charge on any atom is -0.491 e. The first-order valence-electron chi connectivity index (χ1n) is 3.61. The molecular formula is C9H12NO. The second-order valence-electron chi connectivity index (χ2n) is 2.24. The Bertz CT molecular complexity index is 223. The highest BCUT2D eigenvalue weighted by atomic mass is 16.5. The number of rotatable bonds is 3. The van der Waals surface area contributed by atoms with E-state index in [0.717, 1.165) is 12.2 Å². The van der Waals surface area contributed by atoms with Gasteiger partial charge < -0.3 is 10.5 Å². The molecule has 1 rings (SSSR count). The average Bonchev–Trinajstić information content (AvgIpc) is 2.03. The van der Waals surface area contributed by atoms with Crippen molar-refractivity contribution in [3.8, 4) is 5.75 Å². The molecule has 0 saturated heterocycles. The van der Waals surface area contributed by atoms with Gasteiger partial charge in [-0.25, -0.2) is 0 Å². The van der Waals surface area contributed by atoms with E-state index >= 15 is 0 Å². The Morgan fingerprint density at radius 3 is 2.73 bits per heavy atom. The maximum Gasteiger partial charge on any atom is 0.142 e. The SMILES string of the molecule is [CH2]CCOc1ccccc1N. The van der Waals surface area contributed by atoms with Gasteiger partial charge in [0.1, 0.15) is 5.75 Å². The summed E-state index contributed by atoms with van der Waals surface area (Å²) in [4.78, 5) is 0. The summed E-state index contributed by atoms with van der Waals surface area (Å²) in [6.45, 7) is 4.28. The molecule has 2 heteroatoms. The molecule has 1 radical (unpaired) electrons. The molecule has 0 aliphatic heterocycles. The lowest BCUT2D eigenvalue weighted by Gasteiger charge is -2.05. The molecular weight excluding hydrogens is 138 g/mol. The average molecular weight is 150 g/mol. The van der Waals surface area contributed by atoms with E-state index in [1.807, 2.05) is 24.3 Å². The predicted molar refractivity (Wildman–Crippen MR) is 46.3 cm³/mol. The molecule has 1 aromatic rings. The van der Waals surface area contributed by atoms with Gasteiger partial charge in [-0.15, -0.1) is 0 Å². The van der Waals surface area contributed by atoms with E-state index < -0.39 is 0 Å². The highest BCUT2D eigenvalue weighted by molar-refractivity contribution is 5.51. The summed E-state index contributed by atoms with van der Waals surface area (Å²) in [6.07, 6.45) is 0.758. The van der Waals surface area contributed by atoms with Gasteiger partial charge in [0, 0.05) is 0 Å². The molecule has 2 nitrogen and oxygen atoms in total. The van der Waals surface area contributed by atoms with Crippen LogP contribution in [0.5, 0.6) is 5.75 Å². The van der Waals surface area contributed by atoms with Crippen molar-refractivity contribution in [3.05, 3.63) is 31.2 Å². The van der Waals surface area contributed by atoms with E-state index in [9.17, 15) is 0 Å². The number of hydrogen-bond acceptors (Lipinski definition) is 2. The normalized spacial score (nSPS) is 9.55. The summed E-state index contributed by atoms with van der Waals surface area (Å²) in [5, 5.41) is 0. The zero-order valence-electron chi connectivity index (χ0n) is 6.42. The van der Waals surface area contributed by atoms with Crippen LogP contribution in [0.25, 0.3) is 0 Å². The Labute approximate surface area is 67.0 Å². The fraction of sp³-hybridized carbons (Fsp3) is 0.222. The third kappa shape index (κ3) is 2.15. The van der Waals surface area contributed by atoms with Gasteiger partial charge in [-0.2, -0.15) is 0 Å². The van der Waals surface area contributed by atoms with E-state index in [1.54, 1.807) is 0 Å². The van der Waals surface area contributed by atoms with Crippen LogP contribution in [0.15, 0.2) is 24.3 Å². The summed E-state index contributed by atoms with van der Waals surface area (Å²) in [5.41, 5.74) is 6.30. The second kappa shape index (κ2) is 3.86. The van der Waals surface area contributed by atoms with Gasteiger partial charge in [0.2, 0.25) is 0 Å². The van der Waals surface area contributed by atoms with Crippen LogP contribution >= 0.6 is 0 Å². The first kappa shape index (κ1) is 7.92. The molecule has 0 unspecified atom stereocenters. The third-order valence-corrected chi connectivity index (χ3v) is 1.32. The van der Waals surface area contributed by atoms with Crippen molar-refractivity contribution in [2.45, 2.75) is 6.42 Å². The number of hydrogen-bond donors (Lipinski definition) is 1. The van der Waals surface area contributed by atoms with Crippen LogP contribution in [-0.2, 0) is 0 Å². The molecule has 1 aromatic carbocycles. The van der Waals surface area contributed by atoms with Crippen LogP contribution in [0.2, 0.25) is 0 Å². The standard InChI is InChI=1S/C9H12NO/c1-2-7-11-9-6-4-3-5-8(9)10/h3-6H,1-2,7,10H2. The molecule has 0 aromatic heterocycles. The highest BCUT2D eigenvalue weighted by Crippen LogP contribution is 2.19. The summed E-state index contributed by atoms with van der Waals surface area (Å²) in [7, 11) is 0. The Hall–Kier alpha value is -1.18. The molecule has 0 amide bonds. The minimum absolute atomic E-state index is 0.619. The van der Waals surface area contributed by atoms with Gasteiger partial charge in [-0.3, -0.25) is 0 Å². The maximum atomic E-state index is 5.62. The largest absolute Gasteiger partial charge is 0.491 e. The van der Waals surface area contributed by atoms with Gasteiger partial charge in [0.15, 0.2) is 0 Å². The van der Waals surface area contributed by atoms with Crippen LogP contribution in [0.3, 0.4) is 0 Å². The molecule has 0 saturated carbocycles. The van der Waals surface area contributed by atoms with Gasteiger partial charge in [-0.05, 0) is 25.5 Å². The van der Waals surface area contributed by atoms with Crippen molar-refractivity contribution in [3.63, 3.8) is 0 Å². The van der Waals surface area contributed by atoms with Gasteiger partial charge >= 0.3 is 0 Å². The smallest absolute Gasteiger partial charge is 0.142 e. The predicted octanol–water partition coefficient (Wildman–Crippen LogP) is 1.87. The summed E-state index contributed by atoms with van der Waals surface area (Å²) >= 11 is 0. The Morgan fingerprint density at radius 2 is 2.09 bits per heavy atom. The molecule has 2 N–H and O–H groups in total. The molecule has 11 heavy (non-hydrogen) atoms. The van der Waals surface area contributed by atoms with Crippen molar-refractivity contribution < 1.29 is 4.74 Å². The van der Waals surface area contributed by atoms with Crippen LogP contribution in [0.1, 0.15) is 6.42 Å². The molecule has 0 bridgehead atoms. The fourth-order valence-electron chi connectivity index (χ4n) is 0.794.